The van der Waals surface area contributed by atoms with Crippen molar-refractivity contribution in [2.24, 2.45) is 0 Å². The summed E-state index contributed by atoms with van der Waals surface area (Å²) in [6.45, 7) is 1.79. The number of nitrogens with one attached hydrogen (secondary N) is 2. The third-order valence-electron chi connectivity index (χ3n) is 9.62. The Bertz CT molecular complexity index is 2590. The monoisotopic (exact) mass is 658 g/mol. The van der Waals surface area contributed by atoms with E-state index < -0.39 is 6.10 Å². The predicted molar refractivity (Wildman–Crippen MR) is 211 cm³/mol. The Hall–Kier alpha value is -6.56. The minimum atomic E-state index is -0.555. The summed E-state index contributed by atoms with van der Waals surface area (Å²) in [6.07, 6.45) is 7.90. The maximum absolute atomic E-state index is 10.3. The van der Waals surface area contributed by atoms with E-state index in [1.165, 1.54) is 0 Å². The summed E-state index contributed by atoms with van der Waals surface area (Å²) >= 11 is 0. The lowest BCUT2D eigenvalue weighted by Crippen LogP contribution is -1.92. The van der Waals surface area contributed by atoms with Crippen molar-refractivity contribution in [3.63, 3.8) is 0 Å². The fourth-order valence-corrected chi connectivity index (χ4v) is 7.16. The standard InChI is InChI=1S/C46H34N4O/c1-29(51)30-17-19-34(20-18-30)46-41-27-25-39(49-41)44(32-13-7-3-8-14-32)37-23-21-35(47-37)43(31-11-5-2-6-12-31)36-22-24-38(48-36)45(33-15-9-4-10-16-33)40-26-28-42(46)50-40/h2-29,47,50-51H,1H3/t29-/m1/s1. The van der Waals surface area contributed by atoms with Crippen LogP contribution in [0.15, 0.2) is 140 Å². The first-order chi connectivity index (χ1) is 25.1. The molecule has 0 unspecified atom stereocenters. The minimum absolute atomic E-state index is 0.555. The summed E-state index contributed by atoms with van der Waals surface area (Å²) in [5, 5.41) is 10.3. The molecule has 5 nitrogen and oxygen atoms in total. The van der Waals surface area contributed by atoms with Crippen LogP contribution >= 0.6 is 0 Å². The fourth-order valence-electron chi connectivity index (χ4n) is 7.16. The lowest BCUT2D eigenvalue weighted by molar-refractivity contribution is 0.199. The van der Waals surface area contributed by atoms with Crippen LogP contribution in [0, 0.1) is 0 Å². The molecule has 0 fully saturated rings. The van der Waals surface area contributed by atoms with Crippen LogP contribution < -0.4 is 0 Å². The molecular formula is C46H34N4O. The van der Waals surface area contributed by atoms with Crippen LogP contribution in [0.5, 0.6) is 0 Å². The van der Waals surface area contributed by atoms with Crippen LogP contribution in [0.1, 0.15) is 41.4 Å². The molecule has 2 aliphatic rings. The summed E-state index contributed by atoms with van der Waals surface area (Å²) < 4.78 is 0. The van der Waals surface area contributed by atoms with Crippen molar-refractivity contribution in [3.05, 3.63) is 168 Å². The Morgan fingerprint density at radius 2 is 0.686 bits per heavy atom. The minimum Gasteiger partial charge on any atom is -0.389 e. The summed E-state index contributed by atoms with van der Waals surface area (Å²) in [7, 11) is 0. The van der Waals surface area contributed by atoms with Gasteiger partial charge in [-0.15, -0.1) is 0 Å². The van der Waals surface area contributed by atoms with E-state index in [9.17, 15) is 5.11 Å². The quantitative estimate of drug-likeness (QED) is 0.172. The SMILES string of the molecule is C[C@@H](O)c1ccc(-c2c3nc(c(-c4ccccc4)c4ccc([nH]4)c(-c4ccccc4)c4nc(c(-c5ccccc5)c5ccc2[nH]5)C=C4)C=C3)cc1. The molecule has 8 bridgehead atoms. The van der Waals surface area contributed by atoms with Gasteiger partial charge in [-0.2, -0.15) is 0 Å². The molecule has 0 spiro atoms. The van der Waals surface area contributed by atoms with Crippen molar-refractivity contribution >= 4 is 46.4 Å². The van der Waals surface area contributed by atoms with Gasteiger partial charge in [-0.1, -0.05) is 115 Å². The van der Waals surface area contributed by atoms with Gasteiger partial charge in [0.05, 0.1) is 28.9 Å². The number of hydrogen-bond donors (Lipinski definition) is 3. The number of benzene rings is 4. The average Bonchev–Trinajstić information content (AvgIpc) is 4.01. The molecule has 244 valence electrons. The first-order valence-electron chi connectivity index (χ1n) is 17.2. The topological polar surface area (TPSA) is 77.6 Å². The summed E-state index contributed by atoms with van der Waals surface area (Å²) in [6, 6.07) is 48.0. The third kappa shape index (κ3) is 5.60. The molecular weight excluding hydrogens is 625 g/mol. The second-order valence-corrected chi connectivity index (χ2v) is 12.9. The van der Waals surface area contributed by atoms with E-state index in [0.29, 0.717) is 0 Å². The zero-order chi connectivity index (χ0) is 34.3. The van der Waals surface area contributed by atoms with E-state index in [1.807, 2.05) is 30.3 Å². The van der Waals surface area contributed by atoms with E-state index in [-0.39, 0.29) is 0 Å². The molecule has 0 saturated carbocycles. The molecule has 7 aromatic rings. The number of hydrogen-bond acceptors (Lipinski definition) is 3. The molecule has 0 aliphatic carbocycles. The average molecular weight is 659 g/mol. The largest absolute Gasteiger partial charge is 0.389 e. The number of H-pyrrole nitrogens is 2. The van der Waals surface area contributed by atoms with Gasteiger partial charge in [-0.3, -0.25) is 0 Å². The van der Waals surface area contributed by atoms with Crippen LogP contribution in [0.3, 0.4) is 0 Å². The number of aromatic amines is 2. The molecule has 5 heterocycles. The van der Waals surface area contributed by atoms with E-state index in [0.717, 1.165) is 94.9 Å². The van der Waals surface area contributed by atoms with E-state index in [4.69, 9.17) is 9.97 Å². The number of fused-ring (bicyclic) bond motifs is 8. The number of nitrogens with zero attached hydrogens (tertiary/aromatic N) is 2. The maximum Gasteiger partial charge on any atom is 0.0761 e. The molecule has 5 heteroatoms. The van der Waals surface area contributed by atoms with Gasteiger partial charge in [0, 0.05) is 44.3 Å². The molecule has 3 aromatic heterocycles. The van der Waals surface area contributed by atoms with Gasteiger partial charge in [0.15, 0.2) is 0 Å². The highest BCUT2D eigenvalue weighted by molar-refractivity contribution is 5.99. The van der Waals surface area contributed by atoms with Crippen LogP contribution in [-0.2, 0) is 0 Å². The zero-order valence-electron chi connectivity index (χ0n) is 28.0. The van der Waals surface area contributed by atoms with Crippen LogP contribution in [-0.4, -0.2) is 25.0 Å². The molecule has 1 atom stereocenters. The van der Waals surface area contributed by atoms with Crippen molar-refractivity contribution in [2.75, 3.05) is 0 Å². The highest BCUT2D eigenvalue weighted by atomic mass is 16.3. The molecule has 0 radical (unpaired) electrons. The van der Waals surface area contributed by atoms with Crippen molar-refractivity contribution in [2.45, 2.75) is 13.0 Å². The molecule has 2 aliphatic heterocycles. The van der Waals surface area contributed by atoms with Crippen molar-refractivity contribution in [1.29, 1.82) is 0 Å². The highest BCUT2D eigenvalue weighted by Crippen LogP contribution is 2.38. The Kier molecular flexibility index (Phi) is 7.60. The molecule has 0 saturated heterocycles. The Morgan fingerprint density at radius 1 is 0.392 bits per heavy atom. The van der Waals surface area contributed by atoms with Gasteiger partial charge in [0.2, 0.25) is 0 Å². The van der Waals surface area contributed by atoms with Gasteiger partial charge >= 0.3 is 0 Å². The maximum atomic E-state index is 10.3. The normalized spacial score (nSPS) is 12.7. The smallest absolute Gasteiger partial charge is 0.0761 e. The summed E-state index contributed by atoms with van der Waals surface area (Å²) in [4.78, 5) is 18.3. The Morgan fingerprint density at radius 3 is 0.980 bits per heavy atom. The van der Waals surface area contributed by atoms with Crippen LogP contribution in [0.2, 0.25) is 0 Å². The molecule has 0 amide bonds. The second kappa shape index (κ2) is 12.7. The second-order valence-electron chi connectivity index (χ2n) is 12.9. The lowest BCUT2D eigenvalue weighted by Gasteiger charge is -2.08. The van der Waals surface area contributed by atoms with Gasteiger partial charge in [0.25, 0.3) is 0 Å². The van der Waals surface area contributed by atoms with Crippen LogP contribution in [0.25, 0.3) is 90.9 Å². The first kappa shape index (κ1) is 30.5. The highest BCUT2D eigenvalue weighted by Gasteiger charge is 2.19. The first-order valence-corrected chi connectivity index (χ1v) is 17.2. The van der Waals surface area contributed by atoms with Crippen molar-refractivity contribution in [1.82, 2.24) is 19.9 Å². The number of aliphatic hydroxyl groups is 1. The summed E-state index contributed by atoms with van der Waals surface area (Å²) in [5.41, 5.74) is 16.4. The number of aliphatic hydroxyl groups excluding tert-OH is 1. The van der Waals surface area contributed by atoms with Crippen LogP contribution in [0.4, 0.5) is 0 Å². The predicted octanol–water partition coefficient (Wildman–Crippen LogP) is 11.4. The lowest BCUT2D eigenvalue weighted by atomic mass is 10.0. The molecule has 9 rings (SSSR count). The fraction of sp³-hybridized carbons (Fsp3) is 0.0435. The molecule has 4 aromatic carbocycles. The van der Waals surface area contributed by atoms with Crippen molar-refractivity contribution < 1.29 is 5.11 Å². The van der Waals surface area contributed by atoms with E-state index in [2.05, 4.69) is 143 Å². The van der Waals surface area contributed by atoms with E-state index in [1.54, 1.807) is 6.92 Å². The van der Waals surface area contributed by atoms with Crippen molar-refractivity contribution in [3.8, 4) is 44.5 Å². The molecule has 51 heavy (non-hydrogen) atoms. The molecule has 3 N–H and O–H groups in total. The third-order valence-corrected chi connectivity index (χ3v) is 9.62. The Balaban J connectivity index is 1.46. The summed E-state index contributed by atoms with van der Waals surface area (Å²) in [5.74, 6) is 0. The van der Waals surface area contributed by atoms with Gasteiger partial charge in [-0.25, -0.2) is 9.97 Å². The van der Waals surface area contributed by atoms with Gasteiger partial charge < -0.3 is 15.1 Å². The van der Waals surface area contributed by atoms with Gasteiger partial charge in [0.1, 0.15) is 0 Å². The van der Waals surface area contributed by atoms with Gasteiger partial charge in [-0.05, 0) is 83.3 Å². The zero-order valence-corrected chi connectivity index (χ0v) is 28.0. The Labute approximate surface area is 296 Å². The van der Waals surface area contributed by atoms with E-state index >= 15 is 0 Å². The number of aromatic nitrogens is 4. The number of rotatable bonds is 5.